The fourth-order valence-electron chi connectivity index (χ4n) is 3.57. The molecule has 3 atom stereocenters. The molecule has 0 spiro atoms. The Morgan fingerprint density at radius 1 is 1.12 bits per heavy atom. The van der Waals surface area contributed by atoms with Gasteiger partial charge in [-0.05, 0) is 45.1 Å². The van der Waals surface area contributed by atoms with E-state index < -0.39 is 24.3 Å². The third-order valence-corrected chi connectivity index (χ3v) is 5.02. The molecule has 14 heteroatoms. The molecular weight excluding hydrogens is 476 g/mol. The Balaban J connectivity index is 0.000000343. The molecule has 3 heterocycles. The summed E-state index contributed by atoms with van der Waals surface area (Å²) < 4.78 is 69.5. The first-order valence-corrected chi connectivity index (χ1v) is 10.1. The minimum Gasteiger partial charge on any atom is -0.475 e. The Morgan fingerprint density at radius 3 is 2.12 bits per heavy atom. The van der Waals surface area contributed by atoms with Gasteiger partial charge < -0.3 is 19.8 Å². The Morgan fingerprint density at radius 2 is 1.68 bits per heavy atom. The number of halogens is 6. The van der Waals surface area contributed by atoms with Gasteiger partial charge in [0.2, 0.25) is 0 Å². The SMILES string of the molecule is CN(C)C[C@@H]1OC[C@H]2CN(Cc3ccccn3)CC[C@H]21.O=C(O)C(F)(F)F.O=C(O)C(F)(F)F. The van der Waals surface area contributed by atoms with Crippen LogP contribution in [0.2, 0.25) is 0 Å². The fourth-order valence-corrected chi connectivity index (χ4v) is 3.57. The number of nitrogens with zero attached hydrogens (tertiary/aromatic N) is 3. The highest BCUT2D eigenvalue weighted by molar-refractivity contribution is 5.73. The van der Waals surface area contributed by atoms with Crippen LogP contribution in [0.3, 0.4) is 0 Å². The summed E-state index contributed by atoms with van der Waals surface area (Å²) in [5.41, 5.74) is 1.18. The summed E-state index contributed by atoms with van der Waals surface area (Å²) in [6.45, 7) is 5.29. The second-order valence-electron chi connectivity index (χ2n) is 8.01. The van der Waals surface area contributed by atoms with Crippen molar-refractivity contribution in [3.8, 4) is 0 Å². The first-order chi connectivity index (χ1) is 15.6. The number of aromatic nitrogens is 1. The molecule has 3 rings (SSSR count). The fraction of sp³-hybridized carbons (Fsp3) is 0.650. The van der Waals surface area contributed by atoms with Gasteiger partial charge in [-0.15, -0.1) is 0 Å². The van der Waals surface area contributed by atoms with Gasteiger partial charge in [-0.1, -0.05) is 6.07 Å². The lowest BCUT2D eigenvalue weighted by atomic mass is 9.84. The summed E-state index contributed by atoms with van der Waals surface area (Å²) in [6.07, 6.45) is -6.59. The quantitative estimate of drug-likeness (QED) is 0.605. The van der Waals surface area contributed by atoms with E-state index in [9.17, 15) is 26.3 Å². The predicted octanol–water partition coefficient (Wildman–Crippen LogP) is 2.75. The lowest BCUT2D eigenvalue weighted by molar-refractivity contribution is -0.193. The molecule has 0 aliphatic carbocycles. The average molecular weight is 503 g/mol. The van der Waals surface area contributed by atoms with Crippen LogP contribution in [-0.4, -0.2) is 95.7 Å². The van der Waals surface area contributed by atoms with Crippen molar-refractivity contribution in [1.29, 1.82) is 0 Å². The molecule has 0 saturated carbocycles. The third kappa shape index (κ3) is 10.7. The average Bonchev–Trinajstić information content (AvgIpc) is 3.09. The third-order valence-electron chi connectivity index (χ3n) is 5.02. The number of likely N-dealkylation sites (N-methyl/N-ethyl adjacent to an activating group) is 1. The zero-order valence-corrected chi connectivity index (χ0v) is 18.5. The highest BCUT2D eigenvalue weighted by atomic mass is 19.4. The van der Waals surface area contributed by atoms with Gasteiger partial charge in [0.1, 0.15) is 0 Å². The Kier molecular flexibility index (Phi) is 11.2. The number of ether oxygens (including phenoxy) is 1. The molecular formula is C20H27F6N3O5. The summed E-state index contributed by atoms with van der Waals surface area (Å²) >= 11 is 0. The van der Waals surface area contributed by atoms with E-state index in [0.717, 1.165) is 32.2 Å². The second-order valence-corrected chi connectivity index (χ2v) is 8.01. The van der Waals surface area contributed by atoms with Crippen LogP contribution < -0.4 is 0 Å². The number of hydrogen-bond acceptors (Lipinski definition) is 6. The van der Waals surface area contributed by atoms with E-state index in [1.807, 2.05) is 12.3 Å². The minimum absolute atomic E-state index is 0.437. The maximum atomic E-state index is 10.6. The van der Waals surface area contributed by atoms with Gasteiger partial charge in [0, 0.05) is 31.7 Å². The molecule has 1 aromatic heterocycles. The molecule has 2 N–H and O–H groups in total. The van der Waals surface area contributed by atoms with Crippen LogP contribution in [0.4, 0.5) is 26.3 Å². The Hall–Kier alpha value is -2.45. The Labute approximate surface area is 192 Å². The highest BCUT2D eigenvalue weighted by Crippen LogP contribution is 2.34. The maximum absolute atomic E-state index is 10.6. The van der Waals surface area contributed by atoms with Crippen molar-refractivity contribution in [1.82, 2.24) is 14.8 Å². The summed E-state index contributed by atoms with van der Waals surface area (Å²) in [4.78, 5) is 27.0. The molecule has 0 amide bonds. The number of aliphatic carboxylic acids is 2. The molecule has 2 fully saturated rings. The lowest BCUT2D eigenvalue weighted by Crippen LogP contribution is -2.42. The number of carboxylic acid groups (broad SMARTS) is 2. The number of alkyl halides is 6. The van der Waals surface area contributed by atoms with Crippen molar-refractivity contribution < 1.29 is 50.9 Å². The van der Waals surface area contributed by atoms with E-state index in [0.29, 0.717) is 12.0 Å². The van der Waals surface area contributed by atoms with Gasteiger partial charge >= 0.3 is 24.3 Å². The number of piperidine rings is 1. The number of rotatable bonds is 4. The van der Waals surface area contributed by atoms with E-state index in [-0.39, 0.29) is 0 Å². The van der Waals surface area contributed by atoms with Gasteiger partial charge in [-0.2, -0.15) is 26.3 Å². The zero-order chi connectivity index (χ0) is 26.1. The largest absolute Gasteiger partial charge is 0.490 e. The van der Waals surface area contributed by atoms with Crippen LogP contribution >= 0.6 is 0 Å². The number of carboxylic acids is 2. The van der Waals surface area contributed by atoms with Crippen LogP contribution in [0, 0.1) is 11.8 Å². The number of likely N-dealkylation sites (tertiary alicyclic amines) is 1. The highest BCUT2D eigenvalue weighted by Gasteiger charge is 2.41. The summed E-state index contributed by atoms with van der Waals surface area (Å²) in [5, 5.41) is 14.2. The van der Waals surface area contributed by atoms with Crippen molar-refractivity contribution >= 4 is 11.9 Å². The first-order valence-electron chi connectivity index (χ1n) is 10.1. The molecule has 2 aliphatic heterocycles. The van der Waals surface area contributed by atoms with Crippen molar-refractivity contribution in [2.75, 3.05) is 40.3 Å². The zero-order valence-electron chi connectivity index (χ0n) is 18.5. The molecule has 34 heavy (non-hydrogen) atoms. The van der Waals surface area contributed by atoms with Crippen molar-refractivity contribution in [2.45, 2.75) is 31.4 Å². The summed E-state index contributed by atoms with van der Waals surface area (Å²) in [5.74, 6) is -4.06. The lowest BCUT2D eigenvalue weighted by Gasteiger charge is -2.35. The summed E-state index contributed by atoms with van der Waals surface area (Å²) in [7, 11) is 4.26. The van der Waals surface area contributed by atoms with Crippen molar-refractivity contribution in [2.24, 2.45) is 11.8 Å². The van der Waals surface area contributed by atoms with Gasteiger partial charge in [-0.3, -0.25) is 9.88 Å². The molecule has 0 unspecified atom stereocenters. The minimum atomic E-state index is -5.08. The van der Waals surface area contributed by atoms with Crippen LogP contribution in [0.15, 0.2) is 24.4 Å². The number of carbonyl (C=O) groups is 2. The maximum Gasteiger partial charge on any atom is 0.490 e. The molecule has 0 bridgehead atoms. The molecule has 2 aliphatic rings. The first kappa shape index (κ1) is 29.6. The second kappa shape index (κ2) is 12.9. The normalized spacial score (nSPS) is 22.7. The van der Waals surface area contributed by atoms with Crippen LogP contribution in [-0.2, 0) is 20.9 Å². The van der Waals surface area contributed by atoms with Crippen LogP contribution in [0.25, 0.3) is 0 Å². The Bertz CT molecular complexity index is 752. The van der Waals surface area contributed by atoms with Gasteiger partial charge in [0.15, 0.2) is 0 Å². The van der Waals surface area contributed by atoms with Crippen LogP contribution in [0.1, 0.15) is 12.1 Å². The number of pyridine rings is 1. The van der Waals surface area contributed by atoms with Crippen molar-refractivity contribution in [3.63, 3.8) is 0 Å². The molecule has 194 valence electrons. The molecule has 0 aromatic carbocycles. The smallest absolute Gasteiger partial charge is 0.475 e. The summed E-state index contributed by atoms with van der Waals surface area (Å²) in [6, 6.07) is 6.17. The standard InChI is InChI=1S/C16H25N3O.2C2HF3O2/c1-18(2)11-16-15-6-8-19(9-13(15)12-20-16)10-14-5-3-4-7-17-14;2*3-2(4,5)1(6)7/h3-5,7,13,15-16H,6,8-12H2,1-2H3;2*(H,6,7)/t13-,15-,16+;;/m1../s1. The van der Waals surface area contributed by atoms with E-state index in [2.05, 4.69) is 41.0 Å². The molecule has 1 aromatic rings. The van der Waals surface area contributed by atoms with Gasteiger partial charge in [-0.25, -0.2) is 9.59 Å². The molecule has 0 radical (unpaired) electrons. The number of hydrogen-bond donors (Lipinski definition) is 2. The van der Waals surface area contributed by atoms with E-state index in [1.165, 1.54) is 18.7 Å². The molecule has 2 saturated heterocycles. The van der Waals surface area contributed by atoms with Gasteiger partial charge in [0.25, 0.3) is 0 Å². The van der Waals surface area contributed by atoms with E-state index in [4.69, 9.17) is 24.5 Å². The molecule has 8 nitrogen and oxygen atoms in total. The monoisotopic (exact) mass is 503 g/mol. The van der Waals surface area contributed by atoms with E-state index >= 15 is 0 Å². The topological polar surface area (TPSA) is 103 Å². The van der Waals surface area contributed by atoms with Gasteiger partial charge in [0.05, 0.1) is 18.4 Å². The number of fused-ring (bicyclic) bond motifs is 1. The van der Waals surface area contributed by atoms with E-state index in [1.54, 1.807) is 0 Å². The van der Waals surface area contributed by atoms with Crippen molar-refractivity contribution in [3.05, 3.63) is 30.1 Å². The van der Waals surface area contributed by atoms with Crippen LogP contribution in [0.5, 0.6) is 0 Å². The predicted molar refractivity (Wildman–Crippen MR) is 107 cm³/mol.